The van der Waals surface area contributed by atoms with E-state index < -0.39 is 0 Å². The summed E-state index contributed by atoms with van der Waals surface area (Å²) in [5.41, 5.74) is 6.98. The van der Waals surface area contributed by atoms with Gasteiger partial charge in [-0.1, -0.05) is 36.4 Å². The van der Waals surface area contributed by atoms with E-state index in [0.29, 0.717) is 0 Å². The largest absolute Gasteiger partial charge is 0.345 e. The van der Waals surface area contributed by atoms with Crippen LogP contribution in [-0.4, -0.2) is 19.9 Å². The van der Waals surface area contributed by atoms with Crippen molar-refractivity contribution in [1.82, 2.24) is 19.9 Å². The highest BCUT2D eigenvalue weighted by Gasteiger charge is 2.10. The number of hydrogen-bond acceptors (Lipinski definition) is 3. The number of benzene rings is 2. The second-order valence-corrected chi connectivity index (χ2v) is 5.92. The van der Waals surface area contributed by atoms with Gasteiger partial charge in [-0.2, -0.15) is 0 Å². The Hall–Kier alpha value is -3.53. The first kappa shape index (κ1) is 13.9. The first-order valence-electron chi connectivity index (χ1n) is 8.13. The molecule has 0 fully saturated rings. The maximum Gasteiger partial charge on any atom is 0.138 e. The Kier molecular flexibility index (Phi) is 3.07. The summed E-state index contributed by atoms with van der Waals surface area (Å²) in [5.74, 6) is 0. The summed E-state index contributed by atoms with van der Waals surface area (Å²) in [6.07, 6.45) is 5.43. The zero-order valence-electron chi connectivity index (χ0n) is 13.3. The molecule has 4 heteroatoms. The molecule has 0 aliphatic heterocycles. The molecule has 0 bridgehead atoms. The molecule has 25 heavy (non-hydrogen) atoms. The molecule has 0 atom stereocenters. The lowest BCUT2D eigenvalue weighted by atomic mass is 10.0. The van der Waals surface area contributed by atoms with E-state index in [1.165, 1.54) is 0 Å². The fourth-order valence-electron chi connectivity index (χ4n) is 3.14. The zero-order chi connectivity index (χ0) is 16.6. The van der Waals surface area contributed by atoms with Gasteiger partial charge in [-0.3, -0.25) is 9.97 Å². The van der Waals surface area contributed by atoms with Crippen molar-refractivity contribution in [2.24, 2.45) is 0 Å². The van der Waals surface area contributed by atoms with Gasteiger partial charge in [0.2, 0.25) is 0 Å². The van der Waals surface area contributed by atoms with Gasteiger partial charge in [0.15, 0.2) is 0 Å². The molecule has 0 spiro atoms. The molecule has 0 saturated heterocycles. The van der Waals surface area contributed by atoms with Crippen LogP contribution < -0.4 is 0 Å². The molecule has 4 nitrogen and oxygen atoms in total. The van der Waals surface area contributed by atoms with E-state index in [4.69, 9.17) is 4.98 Å². The smallest absolute Gasteiger partial charge is 0.138 e. The van der Waals surface area contributed by atoms with Gasteiger partial charge < -0.3 is 4.98 Å². The summed E-state index contributed by atoms with van der Waals surface area (Å²) < 4.78 is 0. The SMILES string of the molecule is c1ccc(-c2ccc3c(-c4ccc5nccnc5c4)c[nH]c3n2)cc1. The molecule has 0 aliphatic rings. The van der Waals surface area contributed by atoms with Crippen molar-refractivity contribution in [3.05, 3.63) is 79.3 Å². The number of aromatic amines is 1. The van der Waals surface area contributed by atoms with Gasteiger partial charge in [-0.15, -0.1) is 0 Å². The van der Waals surface area contributed by atoms with Crippen molar-refractivity contribution in [3.8, 4) is 22.4 Å². The number of nitrogens with one attached hydrogen (secondary N) is 1. The highest BCUT2D eigenvalue weighted by atomic mass is 14.9. The molecule has 0 amide bonds. The highest BCUT2D eigenvalue weighted by Crippen LogP contribution is 2.30. The summed E-state index contributed by atoms with van der Waals surface area (Å²) in [4.78, 5) is 16.8. The van der Waals surface area contributed by atoms with Crippen LogP contribution in [0.5, 0.6) is 0 Å². The van der Waals surface area contributed by atoms with Crippen LogP contribution >= 0.6 is 0 Å². The average molecular weight is 322 g/mol. The van der Waals surface area contributed by atoms with E-state index in [1.807, 2.05) is 30.5 Å². The van der Waals surface area contributed by atoms with E-state index in [2.05, 4.69) is 51.4 Å². The minimum atomic E-state index is 0.885. The Labute approximate surface area is 144 Å². The van der Waals surface area contributed by atoms with E-state index in [9.17, 15) is 0 Å². The molecule has 0 radical (unpaired) electrons. The lowest BCUT2D eigenvalue weighted by molar-refractivity contribution is 1.29. The number of aromatic nitrogens is 4. The Morgan fingerprint density at radius 1 is 0.720 bits per heavy atom. The summed E-state index contributed by atoms with van der Waals surface area (Å²) >= 11 is 0. The molecule has 118 valence electrons. The number of H-pyrrole nitrogens is 1. The second-order valence-electron chi connectivity index (χ2n) is 5.92. The van der Waals surface area contributed by atoms with E-state index in [0.717, 1.165) is 44.5 Å². The summed E-state index contributed by atoms with van der Waals surface area (Å²) in [7, 11) is 0. The molecule has 3 heterocycles. The zero-order valence-corrected chi connectivity index (χ0v) is 13.3. The molecule has 1 N–H and O–H groups in total. The predicted octanol–water partition coefficient (Wildman–Crippen LogP) is 4.84. The van der Waals surface area contributed by atoms with Gasteiger partial charge in [-0.25, -0.2) is 4.98 Å². The lowest BCUT2D eigenvalue weighted by Gasteiger charge is -2.03. The van der Waals surface area contributed by atoms with Crippen LogP contribution in [0.3, 0.4) is 0 Å². The number of rotatable bonds is 2. The van der Waals surface area contributed by atoms with E-state index in [-0.39, 0.29) is 0 Å². The van der Waals surface area contributed by atoms with Crippen LogP contribution in [0, 0.1) is 0 Å². The quantitative estimate of drug-likeness (QED) is 0.506. The molecule has 0 saturated carbocycles. The van der Waals surface area contributed by atoms with Crippen molar-refractivity contribution in [2.75, 3.05) is 0 Å². The monoisotopic (exact) mass is 322 g/mol. The topological polar surface area (TPSA) is 54.5 Å². The molecule has 2 aromatic carbocycles. The third-order valence-electron chi connectivity index (χ3n) is 4.39. The van der Waals surface area contributed by atoms with Crippen LogP contribution in [0.1, 0.15) is 0 Å². The van der Waals surface area contributed by atoms with Gasteiger partial charge in [0.05, 0.1) is 16.7 Å². The first-order valence-corrected chi connectivity index (χ1v) is 8.13. The molecule has 5 rings (SSSR count). The molecular formula is C21H14N4. The van der Waals surface area contributed by atoms with Crippen LogP contribution in [0.2, 0.25) is 0 Å². The summed E-state index contributed by atoms with van der Waals surface area (Å²) in [5, 5.41) is 1.10. The average Bonchev–Trinajstić information content (AvgIpc) is 3.11. The fraction of sp³-hybridized carbons (Fsp3) is 0. The normalized spacial score (nSPS) is 11.2. The van der Waals surface area contributed by atoms with Gasteiger partial charge in [0.1, 0.15) is 5.65 Å². The second kappa shape index (κ2) is 5.53. The van der Waals surface area contributed by atoms with Crippen LogP contribution in [-0.2, 0) is 0 Å². The minimum absolute atomic E-state index is 0.885. The maximum absolute atomic E-state index is 4.77. The van der Waals surface area contributed by atoms with Crippen molar-refractivity contribution in [3.63, 3.8) is 0 Å². The molecular weight excluding hydrogens is 308 g/mol. The summed E-state index contributed by atoms with van der Waals surface area (Å²) in [6, 6.07) is 20.5. The number of nitrogens with zero attached hydrogens (tertiary/aromatic N) is 3. The minimum Gasteiger partial charge on any atom is -0.345 e. The fourth-order valence-corrected chi connectivity index (χ4v) is 3.14. The van der Waals surface area contributed by atoms with Crippen molar-refractivity contribution in [2.45, 2.75) is 0 Å². The third kappa shape index (κ3) is 2.35. The molecule has 0 unspecified atom stereocenters. The number of fused-ring (bicyclic) bond motifs is 2. The number of pyridine rings is 1. The first-order chi connectivity index (χ1) is 12.4. The molecule has 3 aromatic heterocycles. The van der Waals surface area contributed by atoms with Gasteiger partial charge in [0, 0.05) is 35.1 Å². The van der Waals surface area contributed by atoms with Gasteiger partial charge in [-0.05, 0) is 29.8 Å². The maximum atomic E-state index is 4.77. The lowest BCUT2D eigenvalue weighted by Crippen LogP contribution is -1.85. The Morgan fingerprint density at radius 2 is 1.56 bits per heavy atom. The van der Waals surface area contributed by atoms with Crippen LogP contribution in [0.25, 0.3) is 44.5 Å². The predicted molar refractivity (Wildman–Crippen MR) is 100 cm³/mol. The standard InChI is InChI=1S/C21H14N4/c1-2-4-14(5-3-1)18-9-7-16-17(13-24-21(16)25-18)15-6-8-19-20(12-15)23-11-10-22-19/h1-13H,(H,24,25). The summed E-state index contributed by atoms with van der Waals surface area (Å²) in [6.45, 7) is 0. The molecule has 5 aromatic rings. The highest BCUT2D eigenvalue weighted by molar-refractivity contribution is 5.96. The number of hydrogen-bond donors (Lipinski definition) is 1. The van der Waals surface area contributed by atoms with Crippen LogP contribution in [0.15, 0.2) is 79.3 Å². The van der Waals surface area contributed by atoms with Crippen molar-refractivity contribution < 1.29 is 0 Å². The van der Waals surface area contributed by atoms with Crippen molar-refractivity contribution in [1.29, 1.82) is 0 Å². The Morgan fingerprint density at radius 3 is 2.44 bits per heavy atom. The van der Waals surface area contributed by atoms with Crippen LogP contribution in [0.4, 0.5) is 0 Å². The third-order valence-corrected chi connectivity index (χ3v) is 4.39. The van der Waals surface area contributed by atoms with Crippen molar-refractivity contribution >= 4 is 22.1 Å². The van der Waals surface area contributed by atoms with Gasteiger partial charge in [0.25, 0.3) is 0 Å². The Bertz CT molecular complexity index is 1190. The van der Waals surface area contributed by atoms with E-state index >= 15 is 0 Å². The van der Waals surface area contributed by atoms with Gasteiger partial charge >= 0.3 is 0 Å². The Balaban J connectivity index is 1.64. The molecule has 0 aliphatic carbocycles. The van der Waals surface area contributed by atoms with E-state index in [1.54, 1.807) is 12.4 Å².